The van der Waals surface area contributed by atoms with Gasteiger partial charge in [0.2, 0.25) is 0 Å². The van der Waals surface area contributed by atoms with Crippen LogP contribution in [0.2, 0.25) is 0 Å². The van der Waals surface area contributed by atoms with Gasteiger partial charge in [0, 0.05) is 16.7 Å². The number of aromatic nitrogens is 1. The summed E-state index contributed by atoms with van der Waals surface area (Å²) in [5.41, 5.74) is 14.5. The molecular weight excluding hydrogens is 839 g/mol. The molecule has 3 heteroatoms. The molecule has 0 spiro atoms. The van der Waals surface area contributed by atoms with Crippen LogP contribution < -0.4 is 9.47 Å². The molecule has 1 aromatic heterocycles. The van der Waals surface area contributed by atoms with Gasteiger partial charge in [-0.2, -0.15) is 0 Å². The average Bonchev–Trinajstić information content (AvgIpc) is 3.71. The van der Waals surface area contributed by atoms with Gasteiger partial charge in [0.1, 0.15) is 0 Å². The second kappa shape index (κ2) is 15.5. The zero-order valence-corrected chi connectivity index (χ0v) is 37.4. The molecule has 0 N–H and O–H groups in total. The third-order valence-electron chi connectivity index (χ3n) is 14.4. The van der Waals surface area contributed by atoms with E-state index in [0.717, 1.165) is 55.9 Å². The van der Waals surface area contributed by atoms with Crippen LogP contribution >= 0.6 is 0 Å². The van der Waals surface area contributed by atoms with Gasteiger partial charge in [0.15, 0.2) is 23.0 Å². The molecule has 11 aromatic carbocycles. The van der Waals surface area contributed by atoms with Gasteiger partial charge >= 0.3 is 0 Å². The van der Waals surface area contributed by atoms with Gasteiger partial charge in [-0.05, 0) is 119 Å². The van der Waals surface area contributed by atoms with Gasteiger partial charge in [-0.25, -0.2) is 4.98 Å². The van der Waals surface area contributed by atoms with Crippen LogP contribution in [0.1, 0.15) is 22.3 Å². The van der Waals surface area contributed by atoms with Gasteiger partial charge in [-0.15, -0.1) is 0 Å². The van der Waals surface area contributed by atoms with Crippen LogP contribution in [0.4, 0.5) is 0 Å². The van der Waals surface area contributed by atoms with Crippen molar-refractivity contribution in [2.24, 2.45) is 0 Å². The molecule has 1 aliphatic heterocycles. The summed E-state index contributed by atoms with van der Waals surface area (Å²) < 4.78 is 14.1. The molecule has 0 saturated heterocycles. The molecule has 0 amide bonds. The summed E-state index contributed by atoms with van der Waals surface area (Å²) in [6.45, 7) is 0. The second-order valence-electron chi connectivity index (χ2n) is 18.1. The molecule has 2 heterocycles. The highest BCUT2D eigenvalue weighted by molar-refractivity contribution is 6.25. The summed E-state index contributed by atoms with van der Waals surface area (Å²) in [7, 11) is 0. The van der Waals surface area contributed by atoms with Crippen molar-refractivity contribution < 1.29 is 9.47 Å². The molecule has 0 radical (unpaired) electrons. The van der Waals surface area contributed by atoms with Crippen molar-refractivity contribution in [3.05, 3.63) is 271 Å². The predicted octanol–water partition coefficient (Wildman–Crippen LogP) is 17.5. The summed E-state index contributed by atoms with van der Waals surface area (Å²) in [6.07, 6.45) is 0. The largest absolute Gasteiger partial charge is 0.449 e. The van der Waals surface area contributed by atoms with Crippen LogP contribution in [0.15, 0.2) is 249 Å². The molecule has 322 valence electrons. The van der Waals surface area contributed by atoms with E-state index in [0.29, 0.717) is 23.0 Å². The Morgan fingerprint density at radius 1 is 0.275 bits per heavy atom. The molecule has 0 bridgehead atoms. The molecule has 0 atom stereocenters. The highest BCUT2D eigenvalue weighted by Crippen LogP contribution is 2.60. The normalized spacial score (nSPS) is 13.0. The van der Waals surface area contributed by atoms with E-state index in [1.165, 1.54) is 54.6 Å². The topological polar surface area (TPSA) is 31.4 Å². The van der Waals surface area contributed by atoms with Crippen LogP contribution in [0, 0.1) is 0 Å². The van der Waals surface area contributed by atoms with E-state index in [1.807, 2.05) is 6.07 Å². The number of rotatable bonds is 6. The molecule has 3 nitrogen and oxygen atoms in total. The summed E-state index contributed by atoms with van der Waals surface area (Å²) in [5.74, 6) is 2.71. The monoisotopic (exact) mass is 879 g/mol. The van der Waals surface area contributed by atoms with Crippen LogP contribution in [-0.4, -0.2) is 4.98 Å². The highest BCUT2D eigenvalue weighted by atomic mass is 16.6. The lowest BCUT2D eigenvalue weighted by Gasteiger charge is -2.34. The Kier molecular flexibility index (Phi) is 8.80. The lowest BCUT2D eigenvalue weighted by atomic mass is 9.67. The number of para-hydroxylation sites is 1. The van der Waals surface area contributed by atoms with Gasteiger partial charge in [0.25, 0.3) is 0 Å². The lowest BCUT2D eigenvalue weighted by Crippen LogP contribution is -2.28. The minimum atomic E-state index is -0.571. The van der Waals surface area contributed by atoms with E-state index in [4.69, 9.17) is 14.5 Å². The van der Waals surface area contributed by atoms with Crippen molar-refractivity contribution in [1.82, 2.24) is 4.98 Å². The first kappa shape index (κ1) is 39.1. The molecule has 1 aliphatic carbocycles. The number of hydrogen-bond acceptors (Lipinski definition) is 3. The summed E-state index contributed by atoms with van der Waals surface area (Å²) in [6, 6.07) is 89.0. The van der Waals surface area contributed by atoms with Crippen LogP contribution in [0.5, 0.6) is 23.0 Å². The van der Waals surface area contributed by atoms with Crippen molar-refractivity contribution in [2.45, 2.75) is 5.41 Å². The van der Waals surface area contributed by atoms with Crippen molar-refractivity contribution >= 4 is 32.3 Å². The zero-order valence-electron chi connectivity index (χ0n) is 37.4. The predicted molar refractivity (Wildman–Crippen MR) is 282 cm³/mol. The van der Waals surface area contributed by atoms with Crippen molar-refractivity contribution in [2.75, 3.05) is 0 Å². The number of benzene rings is 11. The Balaban J connectivity index is 0.925. The Morgan fingerprint density at radius 3 is 1.51 bits per heavy atom. The minimum absolute atomic E-state index is 0.571. The van der Waals surface area contributed by atoms with Gasteiger partial charge < -0.3 is 9.47 Å². The second-order valence-corrected chi connectivity index (χ2v) is 18.1. The number of fused-ring (bicyclic) bond motifs is 11. The maximum atomic E-state index is 7.19. The van der Waals surface area contributed by atoms with Crippen LogP contribution in [0.25, 0.3) is 88.2 Å². The number of hydrogen-bond donors (Lipinski definition) is 0. The van der Waals surface area contributed by atoms with E-state index in [-0.39, 0.29) is 0 Å². The van der Waals surface area contributed by atoms with E-state index >= 15 is 0 Å². The highest BCUT2D eigenvalue weighted by Gasteiger charge is 2.47. The van der Waals surface area contributed by atoms with Crippen molar-refractivity contribution in [3.8, 4) is 78.9 Å². The fourth-order valence-electron chi connectivity index (χ4n) is 11.4. The van der Waals surface area contributed by atoms with E-state index in [9.17, 15) is 0 Å². The zero-order chi connectivity index (χ0) is 45.5. The number of ether oxygens (including phenoxy) is 2. The Hall–Kier alpha value is -9.05. The standard InChI is InChI=1S/C66H41NO2/c1-4-19-42(20-5-1)60-38-44(43-35-36-52-49-27-11-10-25-47(49)48-26-12-13-28-50(48)56(52)37-43)39-61(67-60)54-31-15-14-29-51(54)55-32-18-34-62-65(55)69-64-41-59-57(40-63(64)68-62)53-30-16-17-33-58(53)66(59,45-21-6-2-7-22-45)46-23-8-3-9-24-46/h1-41H. The van der Waals surface area contributed by atoms with Gasteiger partial charge in [-0.1, -0.05) is 212 Å². The Bertz CT molecular complexity index is 3940. The summed E-state index contributed by atoms with van der Waals surface area (Å²) in [4.78, 5) is 5.45. The van der Waals surface area contributed by atoms with Crippen LogP contribution in [0.3, 0.4) is 0 Å². The number of nitrogens with zero attached hydrogens (tertiary/aromatic N) is 1. The van der Waals surface area contributed by atoms with Gasteiger partial charge in [-0.3, -0.25) is 0 Å². The van der Waals surface area contributed by atoms with Crippen molar-refractivity contribution in [3.63, 3.8) is 0 Å². The molecule has 69 heavy (non-hydrogen) atoms. The molecule has 2 aliphatic rings. The molecule has 0 fully saturated rings. The molecule has 0 saturated carbocycles. The molecule has 0 unspecified atom stereocenters. The first-order valence-electron chi connectivity index (χ1n) is 23.6. The SMILES string of the molecule is c1ccc(-c2cc(-c3ccc4c5ccccc5c5ccccc5c4c3)cc(-c3ccccc3-c3cccc4c3Oc3cc5c(cc3O4)-c3ccccc3C5(c3ccccc3)c3ccccc3)n2)cc1. The third kappa shape index (κ3) is 6.04. The quantitative estimate of drug-likeness (QED) is 0.156. The molecule has 12 aromatic rings. The fourth-order valence-corrected chi connectivity index (χ4v) is 11.4. The third-order valence-corrected chi connectivity index (χ3v) is 14.4. The fraction of sp³-hybridized carbons (Fsp3) is 0.0152. The summed E-state index contributed by atoms with van der Waals surface area (Å²) in [5, 5.41) is 7.50. The van der Waals surface area contributed by atoms with Crippen LogP contribution in [-0.2, 0) is 5.41 Å². The maximum Gasteiger partial charge on any atom is 0.177 e. The maximum absolute atomic E-state index is 7.19. The Morgan fingerprint density at radius 2 is 0.812 bits per heavy atom. The first-order chi connectivity index (χ1) is 34.2. The van der Waals surface area contributed by atoms with Gasteiger partial charge in [0.05, 0.1) is 16.8 Å². The van der Waals surface area contributed by atoms with E-state index in [1.54, 1.807) is 0 Å². The smallest absolute Gasteiger partial charge is 0.177 e. The van der Waals surface area contributed by atoms with E-state index in [2.05, 4.69) is 243 Å². The Labute approximate surface area is 400 Å². The number of pyridine rings is 1. The van der Waals surface area contributed by atoms with E-state index < -0.39 is 5.41 Å². The van der Waals surface area contributed by atoms with Crippen molar-refractivity contribution in [1.29, 1.82) is 0 Å². The minimum Gasteiger partial charge on any atom is -0.449 e. The summed E-state index contributed by atoms with van der Waals surface area (Å²) >= 11 is 0. The molecule has 14 rings (SSSR count). The lowest BCUT2D eigenvalue weighted by molar-refractivity contribution is 0.360. The average molecular weight is 880 g/mol. The molecular formula is C66H41NO2. The first-order valence-corrected chi connectivity index (χ1v) is 23.6.